The van der Waals surface area contributed by atoms with Gasteiger partial charge in [-0.3, -0.25) is 4.79 Å². The van der Waals surface area contributed by atoms with E-state index in [9.17, 15) is 15.0 Å². The normalized spacial score (nSPS) is 12.7. The highest BCUT2D eigenvalue weighted by molar-refractivity contribution is 5.70. The van der Waals surface area contributed by atoms with E-state index in [0.717, 1.165) is 42.4 Å². The predicted octanol–water partition coefficient (Wildman–Crippen LogP) is 9.76. The standard InChI is InChI=1S/C32H56O3/c1-6-8-9-10-11-12-13-14-15-16-17-18-19-20-21-22-28(31(34)35)24-26-23-27(7-2)30(33)29(25-26)32(3,4)5/h23,25,28,33H,6-22,24H2,1-5H3,(H,34,35). The van der Waals surface area contributed by atoms with Gasteiger partial charge in [0, 0.05) is 0 Å². The lowest BCUT2D eigenvalue weighted by atomic mass is 9.82. The summed E-state index contributed by atoms with van der Waals surface area (Å²) in [6, 6.07) is 4.03. The van der Waals surface area contributed by atoms with Crippen molar-refractivity contribution in [3.8, 4) is 5.75 Å². The molecule has 0 heterocycles. The average Bonchev–Trinajstić information content (AvgIpc) is 2.80. The van der Waals surface area contributed by atoms with E-state index in [0.29, 0.717) is 12.2 Å². The van der Waals surface area contributed by atoms with E-state index in [1.54, 1.807) is 0 Å². The molecule has 0 aliphatic rings. The highest BCUT2D eigenvalue weighted by atomic mass is 16.4. The summed E-state index contributed by atoms with van der Waals surface area (Å²) in [5.41, 5.74) is 2.71. The second-order valence-corrected chi connectivity index (χ2v) is 11.7. The molecule has 0 radical (unpaired) electrons. The van der Waals surface area contributed by atoms with E-state index in [1.165, 1.54) is 83.5 Å². The Morgan fingerprint density at radius 2 is 1.23 bits per heavy atom. The molecule has 1 aromatic carbocycles. The van der Waals surface area contributed by atoms with Gasteiger partial charge in [-0.2, -0.15) is 0 Å². The maximum absolute atomic E-state index is 11.9. The van der Waals surface area contributed by atoms with Crippen molar-refractivity contribution in [2.75, 3.05) is 0 Å². The van der Waals surface area contributed by atoms with Crippen LogP contribution in [0.25, 0.3) is 0 Å². The molecule has 0 bridgehead atoms. The molecule has 1 unspecified atom stereocenters. The van der Waals surface area contributed by atoms with Crippen LogP contribution in [0.5, 0.6) is 5.75 Å². The molecule has 1 aromatic rings. The van der Waals surface area contributed by atoms with Crippen molar-refractivity contribution < 1.29 is 15.0 Å². The first-order valence-electron chi connectivity index (χ1n) is 14.8. The Labute approximate surface area is 217 Å². The van der Waals surface area contributed by atoms with E-state index in [4.69, 9.17) is 0 Å². The summed E-state index contributed by atoms with van der Waals surface area (Å²) in [5, 5.41) is 20.4. The van der Waals surface area contributed by atoms with Crippen LogP contribution in [0.1, 0.15) is 154 Å². The van der Waals surface area contributed by atoms with Gasteiger partial charge in [0.15, 0.2) is 0 Å². The molecule has 0 aliphatic carbocycles. The van der Waals surface area contributed by atoms with Gasteiger partial charge in [0.2, 0.25) is 0 Å². The van der Waals surface area contributed by atoms with Gasteiger partial charge in [-0.1, -0.05) is 143 Å². The zero-order valence-electron chi connectivity index (χ0n) is 23.8. The fourth-order valence-electron chi connectivity index (χ4n) is 5.08. The lowest BCUT2D eigenvalue weighted by Crippen LogP contribution is -2.18. The van der Waals surface area contributed by atoms with Crippen molar-refractivity contribution in [1.82, 2.24) is 0 Å². The first-order valence-corrected chi connectivity index (χ1v) is 14.8. The summed E-state index contributed by atoms with van der Waals surface area (Å²) in [6.07, 6.45) is 21.9. The Bertz CT molecular complexity index is 701. The maximum atomic E-state index is 11.9. The van der Waals surface area contributed by atoms with Gasteiger partial charge in [-0.05, 0) is 41.4 Å². The first kappa shape index (κ1) is 31.5. The number of benzene rings is 1. The minimum absolute atomic E-state index is 0.170. The molecule has 1 rings (SSSR count). The Morgan fingerprint density at radius 1 is 0.771 bits per heavy atom. The SMILES string of the molecule is CCCCCCCCCCCCCCCCCC(Cc1cc(CC)c(O)c(C(C)(C)C)c1)C(=O)O. The second-order valence-electron chi connectivity index (χ2n) is 11.7. The van der Waals surface area contributed by atoms with Crippen LogP contribution in [-0.4, -0.2) is 16.2 Å². The third-order valence-corrected chi connectivity index (χ3v) is 7.43. The third-order valence-electron chi connectivity index (χ3n) is 7.43. The van der Waals surface area contributed by atoms with Crippen LogP contribution in [-0.2, 0) is 23.1 Å². The minimum atomic E-state index is -0.696. The Morgan fingerprint density at radius 3 is 1.63 bits per heavy atom. The molecule has 0 saturated heterocycles. The molecule has 202 valence electrons. The van der Waals surface area contributed by atoms with Crippen molar-refractivity contribution in [2.24, 2.45) is 5.92 Å². The number of carboxylic acid groups (broad SMARTS) is 1. The maximum Gasteiger partial charge on any atom is 0.306 e. The molecular weight excluding hydrogens is 432 g/mol. The summed E-state index contributed by atoms with van der Waals surface area (Å²) < 4.78 is 0. The molecular formula is C32H56O3. The number of hydrogen-bond donors (Lipinski definition) is 2. The third kappa shape index (κ3) is 13.4. The average molecular weight is 489 g/mol. The van der Waals surface area contributed by atoms with Gasteiger partial charge in [0.25, 0.3) is 0 Å². The van der Waals surface area contributed by atoms with Crippen molar-refractivity contribution >= 4 is 5.97 Å². The second kappa shape index (κ2) is 17.8. The molecule has 0 saturated carbocycles. The zero-order valence-corrected chi connectivity index (χ0v) is 23.8. The fraction of sp³-hybridized carbons (Fsp3) is 0.781. The van der Waals surface area contributed by atoms with Crippen LogP contribution in [0.15, 0.2) is 12.1 Å². The number of aliphatic carboxylic acids is 1. The number of hydrogen-bond acceptors (Lipinski definition) is 2. The highest BCUT2D eigenvalue weighted by Crippen LogP contribution is 2.35. The quantitative estimate of drug-likeness (QED) is 0.180. The van der Waals surface area contributed by atoms with Crippen molar-refractivity contribution in [3.05, 3.63) is 28.8 Å². The van der Waals surface area contributed by atoms with E-state index in [2.05, 4.69) is 27.7 Å². The van der Waals surface area contributed by atoms with Crippen LogP contribution in [0.3, 0.4) is 0 Å². The predicted molar refractivity (Wildman–Crippen MR) is 151 cm³/mol. The van der Waals surface area contributed by atoms with Crippen molar-refractivity contribution in [3.63, 3.8) is 0 Å². The Hall–Kier alpha value is -1.51. The smallest absolute Gasteiger partial charge is 0.306 e. The summed E-state index contributed by atoms with van der Waals surface area (Å²) >= 11 is 0. The topological polar surface area (TPSA) is 57.5 Å². The number of carboxylic acids is 1. The lowest BCUT2D eigenvalue weighted by Gasteiger charge is -2.24. The number of carbonyl (C=O) groups is 1. The van der Waals surface area contributed by atoms with E-state index in [1.807, 2.05) is 19.1 Å². The van der Waals surface area contributed by atoms with Gasteiger partial charge in [-0.15, -0.1) is 0 Å². The number of unbranched alkanes of at least 4 members (excludes halogenated alkanes) is 14. The monoisotopic (exact) mass is 488 g/mol. The summed E-state index contributed by atoms with van der Waals surface area (Å²) in [5.74, 6) is -0.670. The van der Waals surface area contributed by atoms with Crippen molar-refractivity contribution in [2.45, 2.75) is 156 Å². The van der Waals surface area contributed by atoms with Gasteiger partial charge >= 0.3 is 5.97 Å². The molecule has 1 atom stereocenters. The van der Waals surface area contributed by atoms with E-state index < -0.39 is 5.97 Å². The molecule has 0 aromatic heterocycles. The molecule has 2 N–H and O–H groups in total. The molecule has 3 heteroatoms. The molecule has 0 fully saturated rings. The molecule has 35 heavy (non-hydrogen) atoms. The number of phenols is 1. The van der Waals surface area contributed by atoms with Gasteiger partial charge < -0.3 is 10.2 Å². The molecule has 0 spiro atoms. The molecule has 3 nitrogen and oxygen atoms in total. The first-order chi connectivity index (χ1) is 16.7. The van der Waals surface area contributed by atoms with Gasteiger partial charge in [0.1, 0.15) is 5.75 Å². The fourth-order valence-corrected chi connectivity index (χ4v) is 5.08. The molecule has 0 amide bonds. The molecule has 0 aliphatic heterocycles. The zero-order chi connectivity index (χ0) is 26.1. The number of phenolic OH excluding ortho intramolecular Hbond substituents is 1. The lowest BCUT2D eigenvalue weighted by molar-refractivity contribution is -0.142. The van der Waals surface area contributed by atoms with Crippen LogP contribution in [0, 0.1) is 5.92 Å². The largest absolute Gasteiger partial charge is 0.507 e. The Balaban J connectivity index is 2.27. The Kier molecular flexibility index (Phi) is 16.1. The number of aromatic hydroxyl groups is 1. The summed E-state index contributed by atoms with van der Waals surface area (Å²) in [6.45, 7) is 10.6. The van der Waals surface area contributed by atoms with Crippen LogP contribution in [0.2, 0.25) is 0 Å². The van der Waals surface area contributed by atoms with Crippen LogP contribution in [0.4, 0.5) is 0 Å². The van der Waals surface area contributed by atoms with Gasteiger partial charge in [0.05, 0.1) is 5.92 Å². The van der Waals surface area contributed by atoms with Crippen molar-refractivity contribution in [1.29, 1.82) is 0 Å². The highest BCUT2D eigenvalue weighted by Gasteiger charge is 2.23. The number of aryl methyl sites for hydroxylation is 1. The van der Waals surface area contributed by atoms with Gasteiger partial charge in [-0.25, -0.2) is 0 Å². The summed E-state index contributed by atoms with van der Waals surface area (Å²) in [4.78, 5) is 11.9. The van der Waals surface area contributed by atoms with Crippen LogP contribution >= 0.6 is 0 Å². The summed E-state index contributed by atoms with van der Waals surface area (Å²) in [7, 11) is 0. The van der Waals surface area contributed by atoms with E-state index in [-0.39, 0.29) is 11.3 Å². The van der Waals surface area contributed by atoms with E-state index >= 15 is 0 Å². The number of rotatable bonds is 20. The minimum Gasteiger partial charge on any atom is -0.507 e. The van der Waals surface area contributed by atoms with Crippen LogP contribution < -0.4 is 0 Å².